The third kappa shape index (κ3) is 3.47. The van der Waals surface area contributed by atoms with Crippen molar-refractivity contribution in [3.05, 3.63) is 65.9 Å². The zero-order valence-electron chi connectivity index (χ0n) is 18.0. The number of rotatable bonds is 3. The number of anilines is 1. The first kappa shape index (κ1) is 19.8. The van der Waals surface area contributed by atoms with Gasteiger partial charge < -0.3 is 9.72 Å². The number of carbonyl (C=O) groups excluding carboxylic acids is 1. The van der Waals surface area contributed by atoms with Crippen LogP contribution in [0.2, 0.25) is 0 Å². The molecule has 1 amide bonds. The van der Waals surface area contributed by atoms with Crippen molar-refractivity contribution in [1.82, 2.24) is 10.4 Å². The highest BCUT2D eigenvalue weighted by Gasteiger charge is 2.26. The molecule has 0 unspecified atom stereocenters. The highest BCUT2D eigenvalue weighted by molar-refractivity contribution is 6.11. The van der Waals surface area contributed by atoms with Gasteiger partial charge in [0, 0.05) is 33.1 Å². The molecule has 4 rings (SSSR count). The maximum absolute atomic E-state index is 11.7. The Morgan fingerprint density at radius 3 is 2.47 bits per heavy atom. The fourth-order valence-electron chi connectivity index (χ4n) is 3.96. The highest BCUT2D eigenvalue weighted by Crippen LogP contribution is 2.44. The molecule has 0 aliphatic carbocycles. The number of aryl methyl sites for hydroxylation is 1. The number of benzene rings is 3. The van der Waals surface area contributed by atoms with Gasteiger partial charge in [-0.1, -0.05) is 68.8 Å². The molecule has 0 atom stereocenters. The van der Waals surface area contributed by atoms with Gasteiger partial charge in [0.25, 0.3) is 0 Å². The van der Waals surface area contributed by atoms with E-state index in [1.807, 2.05) is 12.1 Å². The van der Waals surface area contributed by atoms with Crippen LogP contribution in [-0.4, -0.2) is 18.2 Å². The molecule has 5 nitrogen and oxygen atoms in total. The van der Waals surface area contributed by atoms with Crippen LogP contribution in [0, 0.1) is 6.92 Å². The average Bonchev–Trinajstić information content (AvgIpc) is 3.11. The van der Waals surface area contributed by atoms with Gasteiger partial charge in [-0.3, -0.25) is 5.43 Å². The van der Waals surface area contributed by atoms with E-state index in [9.17, 15) is 4.79 Å². The van der Waals surface area contributed by atoms with Crippen molar-refractivity contribution in [1.29, 1.82) is 0 Å². The molecule has 0 saturated carbocycles. The fourth-order valence-corrected chi connectivity index (χ4v) is 3.96. The number of aromatic nitrogens is 1. The zero-order chi connectivity index (χ0) is 21.5. The number of hydrogen-bond donors (Lipinski definition) is 3. The number of para-hydroxylation sites is 1. The average molecular weight is 402 g/mol. The van der Waals surface area contributed by atoms with Crippen molar-refractivity contribution in [2.75, 3.05) is 12.5 Å². The number of hydrogen-bond acceptors (Lipinski definition) is 3. The molecule has 154 valence electrons. The molecule has 4 aromatic rings. The Balaban J connectivity index is 2.07. The SMILES string of the molecule is COC(=O)NNc1ccc2cc(C)ccc2c1-c1c(C(C)(C)C)[nH]c2ccccc12. The third-order valence-corrected chi connectivity index (χ3v) is 5.37. The van der Waals surface area contributed by atoms with Gasteiger partial charge in [-0.15, -0.1) is 0 Å². The standard InChI is InChI=1S/C25H27N3O2/c1-15-10-12-17-16(14-15)11-13-20(27-28-24(29)30-5)21(17)22-18-8-6-7-9-19(18)26-23(22)25(2,3)4/h6-14,26-27H,1-5H3,(H,28,29). The van der Waals surface area contributed by atoms with Crippen molar-refractivity contribution >= 4 is 33.5 Å². The van der Waals surface area contributed by atoms with E-state index in [1.165, 1.54) is 12.7 Å². The third-order valence-electron chi connectivity index (χ3n) is 5.37. The first-order chi connectivity index (χ1) is 14.3. The number of methoxy groups -OCH3 is 1. The molecule has 0 radical (unpaired) electrons. The Bertz CT molecular complexity index is 1250. The normalized spacial score (nSPS) is 11.6. The Morgan fingerprint density at radius 1 is 0.967 bits per heavy atom. The van der Waals surface area contributed by atoms with Crippen molar-refractivity contribution in [2.45, 2.75) is 33.1 Å². The summed E-state index contributed by atoms with van der Waals surface area (Å²) in [6, 6.07) is 18.9. The predicted octanol–water partition coefficient (Wildman–Crippen LogP) is 6.28. The topological polar surface area (TPSA) is 66.2 Å². The molecular weight excluding hydrogens is 374 g/mol. The Labute approximate surface area is 176 Å². The minimum Gasteiger partial charge on any atom is -0.452 e. The maximum atomic E-state index is 11.7. The summed E-state index contributed by atoms with van der Waals surface area (Å²) in [4.78, 5) is 15.4. The molecule has 3 aromatic carbocycles. The smallest absolute Gasteiger partial charge is 0.425 e. The van der Waals surface area contributed by atoms with Crippen LogP contribution in [0.4, 0.5) is 10.5 Å². The lowest BCUT2D eigenvalue weighted by Gasteiger charge is -2.22. The van der Waals surface area contributed by atoms with Gasteiger partial charge in [0.1, 0.15) is 0 Å². The molecule has 0 aliphatic rings. The van der Waals surface area contributed by atoms with Crippen LogP contribution in [-0.2, 0) is 10.2 Å². The number of H-pyrrole nitrogens is 1. The van der Waals surface area contributed by atoms with Crippen LogP contribution < -0.4 is 10.9 Å². The van der Waals surface area contributed by atoms with Crippen molar-refractivity contribution < 1.29 is 9.53 Å². The van der Waals surface area contributed by atoms with Crippen LogP contribution in [0.1, 0.15) is 32.0 Å². The molecule has 0 saturated heterocycles. The zero-order valence-corrected chi connectivity index (χ0v) is 18.0. The molecule has 0 spiro atoms. The van der Waals surface area contributed by atoms with Gasteiger partial charge in [-0.25, -0.2) is 10.2 Å². The van der Waals surface area contributed by atoms with Crippen molar-refractivity contribution in [3.8, 4) is 11.1 Å². The summed E-state index contributed by atoms with van der Waals surface area (Å²) >= 11 is 0. The van der Waals surface area contributed by atoms with Crippen LogP contribution in [0.25, 0.3) is 32.8 Å². The van der Waals surface area contributed by atoms with E-state index in [0.717, 1.165) is 44.2 Å². The van der Waals surface area contributed by atoms with Gasteiger partial charge in [-0.05, 0) is 29.8 Å². The summed E-state index contributed by atoms with van der Waals surface area (Å²) in [6.45, 7) is 8.71. The number of ether oxygens (including phenoxy) is 1. The van der Waals surface area contributed by atoms with Crippen LogP contribution in [0.15, 0.2) is 54.6 Å². The number of aromatic amines is 1. The lowest BCUT2D eigenvalue weighted by molar-refractivity contribution is 0.173. The maximum Gasteiger partial charge on any atom is 0.425 e. The molecule has 30 heavy (non-hydrogen) atoms. The largest absolute Gasteiger partial charge is 0.452 e. The second-order valence-electron chi connectivity index (χ2n) is 8.62. The van der Waals surface area contributed by atoms with Gasteiger partial charge >= 0.3 is 6.09 Å². The quantitative estimate of drug-likeness (QED) is 0.354. The summed E-state index contributed by atoms with van der Waals surface area (Å²) in [6.07, 6.45) is -0.542. The van der Waals surface area contributed by atoms with Crippen molar-refractivity contribution in [2.24, 2.45) is 0 Å². The van der Waals surface area contributed by atoms with Crippen LogP contribution in [0.5, 0.6) is 0 Å². The Morgan fingerprint density at radius 2 is 1.73 bits per heavy atom. The number of amides is 1. The van der Waals surface area contributed by atoms with E-state index >= 15 is 0 Å². The van der Waals surface area contributed by atoms with Crippen LogP contribution in [0.3, 0.4) is 0 Å². The summed E-state index contributed by atoms with van der Waals surface area (Å²) < 4.78 is 4.74. The number of nitrogens with one attached hydrogen (secondary N) is 3. The molecule has 0 aliphatic heterocycles. The van der Waals surface area contributed by atoms with Crippen LogP contribution >= 0.6 is 0 Å². The number of fused-ring (bicyclic) bond motifs is 2. The van der Waals surface area contributed by atoms with E-state index in [0.29, 0.717) is 0 Å². The second kappa shape index (κ2) is 7.41. The summed E-state index contributed by atoms with van der Waals surface area (Å²) in [7, 11) is 1.35. The lowest BCUT2D eigenvalue weighted by Crippen LogP contribution is -2.29. The summed E-state index contributed by atoms with van der Waals surface area (Å²) in [5, 5.41) is 3.42. The van der Waals surface area contributed by atoms with Gasteiger partial charge in [0.05, 0.1) is 12.8 Å². The molecule has 0 bridgehead atoms. The lowest BCUT2D eigenvalue weighted by atomic mass is 9.84. The molecule has 3 N–H and O–H groups in total. The Hall–Kier alpha value is -3.47. The van der Waals surface area contributed by atoms with Gasteiger partial charge in [0.15, 0.2) is 0 Å². The van der Waals surface area contributed by atoms with E-state index in [2.05, 4.69) is 86.0 Å². The fraction of sp³-hybridized carbons (Fsp3) is 0.240. The van der Waals surface area contributed by atoms with Gasteiger partial charge in [0.2, 0.25) is 0 Å². The number of hydrazine groups is 1. The summed E-state index contributed by atoms with van der Waals surface area (Å²) in [5.41, 5.74) is 12.0. The van der Waals surface area contributed by atoms with Crippen molar-refractivity contribution in [3.63, 3.8) is 0 Å². The first-order valence-corrected chi connectivity index (χ1v) is 10.0. The van der Waals surface area contributed by atoms with E-state index < -0.39 is 6.09 Å². The molecule has 5 heteroatoms. The highest BCUT2D eigenvalue weighted by atomic mass is 16.5. The molecule has 1 aromatic heterocycles. The predicted molar refractivity (Wildman–Crippen MR) is 124 cm³/mol. The van der Waals surface area contributed by atoms with E-state index in [1.54, 1.807) is 0 Å². The Kier molecular flexibility index (Phi) is 4.90. The van der Waals surface area contributed by atoms with E-state index in [4.69, 9.17) is 4.74 Å². The first-order valence-electron chi connectivity index (χ1n) is 10.0. The number of carbonyl (C=O) groups is 1. The minimum absolute atomic E-state index is 0.103. The molecular formula is C25H27N3O2. The summed E-state index contributed by atoms with van der Waals surface area (Å²) in [5.74, 6) is 0. The minimum atomic E-state index is -0.542. The molecule has 1 heterocycles. The second-order valence-corrected chi connectivity index (χ2v) is 8.62. The monoisotopic (exact) mass is 401 g/mol. The van der Waals surface area contributed by atoms with E-state index in [-0.39, 0.29) is 5.41 Å². The molecule has 0 fully saturated rings. The van der Waals surface area contributed by atoms with Gasteiger partial charge in [-0.2, -0.15) is 0 Å².